The highest BCUT2D eigenvalue weighted by molar-refractivity contribution is 5.76. The SMILES string of the molecule is COC(=O)C1CC(c2cc(OC)c3c(c2)OCO3)C1c1cc(OC)c2c(c1)OCO2. The summed E-state index contributed by atoms with van der Waals surface area (Å²) in [7, 11) is 4.59. The molecule has 5 rings (SSSR count). The highest BCUT2D eigenvalue weighted by Crippen LogP contribution is 2.58. The Morgan fingerprint density at radius 1 is 0.833 bits per heavy atom. The van der Waals surface area contributed by atoms with Crippen molar-refractivity contribution in [1.29, 1.82) is 0 Å². The van der Waals surface area contributed by atoms with Crippen LogP contribution in [0, 0.1) is 5.92 Å². The van der Waals surface area contributed by atoms with Gasteiger partial charge in [0.25, 0.3) is 0 Å². The van der Waals surface area contributed by atoms with Crippen LogP contribution >= 0.6 is 0 Å². The minimum Gasteiger partial charge on any atom is -0.493 e. The monoisotopic (exact) mass is 414 g/mol. The van der Waals surface area contributed by atoms with Crippen LogP contribution in [0.25, 0.3) is 0 Å². The Bertz CT molecular complexity index is 1000. The van der Waals surface area contributed by atoms with E-state index in [1.54, 1.807) is 14.2 Å². The third-order valence-corrected chi connectivity index (χ3v) is 6.05. The molecule has 0 N–H and O–H groups in total. The van der Waals surface area contributed by atoms with Gasteiger partial charge in [0.15, 0.2) is 23.0 Å². The van der Waals surface area contributed by atoms with Gasteiger partial charge in [-0.1, -0.05) is 0 Å². The Hall–Kier alpha value is -3.29. The molecule has 0 aromatic heterocycles. The first kappa shape index (κ1) is 18.7. The molecule has 158 valence electrons. The molecule has 1 fully saturated rings. The fraction of sp³-hybridized carbons (Fsp3) is 0.409. The summed E-state index contributed by atoms with van der Waals surface area (Å²) in [4.78, 5) is 12.5. The summed E-state index contributed by atoms with van der Waals surface area (Å²) in [5.74, 6) is 3.06. The van der Waals surface area contributed by atoms with Crippen LogP contribution in [0.15, 0.2) is 24.3 Å². The topological polar surface area (TPSA) is 81.7 Å². The fourth-order valence-electron chi connectivity index (χ4n) is 4.56. The second-order valence-corrected chi connectivity index (χ2v) is 7.41. The summed E-state index contributed by atoms with van der Waals surface area (Å²) in [6.45, 7) is 0.302. The molecule has 0 radical (unpaired) electrons. The number of esters is 1. The highest BCUT2D eigenvalue weighted by atomic mass is 16.7. The van der Waals surface area contributed by atoms with Crippen LogP contribution in [-0.4, -0.2) is 40.9 Å². The third kappa shape index (κ3) is 2.78. The van der Waals surface area contributed by atoms with Gasteiger partial charge in [0.05, 0.1) is 27.2 Å². The van der Waals surface area contributed by atoms with Crippen molar-refractivity contribution in [2.45, 2.75) is 18.3 Å². The highest BCUT2D eigenvalue weighted by Gasteiger charge is 2.48. The van der Waals surface area contributed by atoms with Crippen LogP contribution in [0.5, 0.6) is 34.5 Å². The lowest BCUT2D eigenvalue weighted by molar-refractivity contribution is -0.150. The molecule has 3 atom stereocenters. The lowest BCUT2D eigenvalue weighted by Crippen LogP contribution is -2.39. The van der Waals surface area contributed by atoms with Crippen LogP contribution in [0.1, 0.15) is 29.4 Å². The van der Waals surface area contributed by atoms with E-state index in [0.29, 0.717) is 40.9 Å². The van der Waals surface area contributed by atoms with Crippen molar-refractivity contribution in [2.24, 2.45) is 5.92 Å². The fourth-order valence-corrected chi connectivity index (χ4v) is 4.56. The molecule has 0 amide bonds. The normalized spacial score (nSPS) is 23.0. The van der Waals surface area contributed by atoms with Crippen molar-refractivity contribution in [2.75, 3.05) is 34.9 Å². The van der Waals surface area contributed by atoms with Crippen molar-refractivity contribution < 1.29 is 38.0 Å². The van der Waals surface area contributed by atoms with E-state index in [1.165, 1.54) is 7.11 Å². The molecule has 8 heteroatoms. The largest absolute Gasteiger partial charge is 0.493 e. The number of methoxy groups -OCH3 is 3. The van der Waals surface area contributed by atoms with E-state index in [4.69, 9.17) is 33.2 Å². The molecule has 0 bridgehead atoms. The Labute approximate surface area is 173 Å². The van der Waals surface area contributed by atoms with E-state index in [2.05, 4.69) is 0 Å². The van der Waals surface area contributed by atoms with E-state index in [-0.39, 0.29) is 37.3 Å². The van der Waals surface area contributed by atoms with Crippen molar-refractivity contribution in [3.8, 4) is 34.5 Å². The quantitative estimate of drug-likeness (QED) is 0.690. The van der Waals surface area contributed by atoms with Crippen LogP contribution in [0.4, 0.5) is 0 Å². The number of hydrogen-bond acceptors (Lipinski definition) is 8. The van der Waals surface area contributed by atoms with Gasteiger partial charge in [-0.05, 0) is 47.7 Å². The minimum absolute atomic E-state index is 0.0579. The van der Waals surface area contributed by atoms with Gasteiger partial charge in [0.2, 0.25) is 25.1 Å². The summed E-state index contributed by atoms with van der Waals surface area (Å²) in [5, 5.41) is 0. The van der Waals surface area contributed by atoms with Gasteiger partial charge in [0, 0.05) is 5.92 Å². The predicted octanol–water partition coefficient (Wildman–Crippen LogP) is 3.22. The summed E-state index contributed by atoms with van der Waals surface area (Å²) < 4.78 is 38.2. The van der Waals surface area contributed by atoms with E-state index < -0.39 is 0 Å². The molecular weight excluding hydrogens is 392 g/mol. The van der Waals surface area contributed by atoms with Crippen LogP contribution in [0.3, 0.4) is 0 Å². The van der Waals surface area contributed by atoms with Gasteiger partial charge in [-0.25, -0.2) is 0 Å². The average molecular weight is 414 g/mol. The Morgan fingerprint density at radius 2 is 1.40 bits per heavy atom. The molecule has 2 aliphatic heterocycles. The van der Waals surface area contributed by atoms with E-state index >= 15 is 0 Å². The molecule has 2 aromatic rings. The number of fused-ring (bicyclic) bond motifs is 2. The second-order valence-electron chi connectivity index (χ2n) is 7.41. The number of rotatable bonds is 5. The first-order valence-corrected chi connectivity index (χ1v) is 9.67. The third-order valence-electron chi connectivity index (χ3n) is 6.05. The van der Waals surface area contributed by atoms with Crippen molar-refractivity contribution >= 4 is 5.97 Å². The summed E-state index contributed by atoms with van der Waals surface area (Å²) in [6.07, 6.45) is 0.650. The van der Waals surface area contributed by atoms with Gasteiger partial charge in [-0.2, -0.15) is 0 Å². The van der Waals surface area contributed by atoms with Gasteiger partial charge >= 0.3 is 5.97 Å². The maximum absolute atomic E-state index is 12.5. The zero-order valence-corrected chi connectivity index (χ0v) is 16.9. The van der Waals surface area contributed by atoms with Crippen molar-refractivity contribution in [3.63, 3.8) is 0 Å². The smallest absolute Gasteiger partial charge is 0.309 e. The number of ether oxygens (including phenoxy) is 7. The molecule has 3 aliphatic rings. The minimum atomic E-state index is -0.276. The molecule has 30 heavy (non-hydrogen) atoms. The van der Waals surface area contributed by atoms with Gasteiger partial charge in [-0.3, -0.25) is 4.79 Å². The van der Waals surface area contributed by atoms with Crippen LogP contribution in [-0.2, 0) is 9.53 Å². The molecule has 3 unspecified atom stereocenters. The predicted molar refractivity (Wildman–Crippen MR) is 104 cm³/mol. The lowest BCUT2D eigenvalue weighted by Gasteiger charge is -2.44. The van der Waals surface area contributed by atoms with Crippen LogP contribution in [0.2, 0.25) is 0 Å². The first-order chi connectivity index (χ1) is 14.6. The number of carbonyl (C=O) groups excluding carboxylic acids is 1. The molecule has 0 saturated heterocycles. The standard InChI is InChI=1S/C22H22O8/c1-24-15-4-11(5-17-20(15)29-9-27-17)13-8-14(22(23)26-3)19(13)12-6-16(25-2)21-18(7-12)28-10-30-21/h4-7,13-14,19H,8-10H2,1-3H3. The Morgan fingerprint density at radius 3 is 1.97 bits per heavy atom. The molecular formula is C22H22O8. The zero-order valence-electron chi connectivity index (χ0n) is 16.9. The van der Waals surface area contributed by atoms with E-state index in [9.17, 15) is 4.79 Å². The molecule has 1 aliphatic carbocycles. The summed E-state index contributed by atoms with van der Waals surface area (Å²) in [6, 6.07) is 7.73. The molecule has 8 nitrogen and oxygen atoms in total. The van der Waals surface area contributed by atoms with Gasteiger partial charge < -0.3 is 33.2 Å². The maximum atomic E-state index is 12.5. The molecule has 0 spiro atoms. The summed E-state index contributed by atoms with van der Waals surface area (Å²) in [5.41, 5.74) is 1.94. The second kappa shape index (κ2) is 7.19. The lowest BCUT2D eigenvalue weighted by atomic mass is 9.59. The van der Waals surface area contributed by atoms with E-state index in [0.717, 1.165) is 11.1 Å². The number of benzene rings is 2. The molecule has 2 aromatic carbocycles. The maximum Gasteiger partial charge on any atom is 0.309 e. The first-order valence-electron chi connectivity index (χ1n) is 9.67. The van der Waals surface area contributed by atoms with Crippen molar-refractivity contribution in [1.82, 2.24) is 0 Å². The number of hydrogen-bond donors (Lipinski definition) is 0. The molecule has 1 saturated carbocycles. The summed E-state index contributed by atoms with van der Waals surface area (Å²) >= 11 is 0. The number of carbonyl (C=O) groups is 1. The zero-order chi connectivity index (χ0) is 20.8. The molecule has 2 heterocycles. The Balaban J connectivity index is 1.57. The Kier molecular flexibility index (Phi) is 4.49. The van der Waals surface area contributed by atoms with Gasteiger partial charge in [0.1, 0.15) is 0 Å². The van der Waals surface area contributed by atoms with E-state index in [1.807, 2.05) is 24.3 Å². The van der Waals surface area contributed by atoms with Crippen molar-refractivity contribution in [3.05, 3.63) is 35.4 Å². The van der Waals surface area contributed by atoms with Gasteiger partial charge in [-0.15, -0.1) is 0 Å². The average Bonchev–Trinajstić information content (AvgIpc) is 3.40. The van der Waals surface area contributed by atoms with Crippen LogP contribution < -0.4 is 28.4 Å².